The summed E-state index contributed by atoms with van der Waals surface area (Å²) in [6, 6.07) is 10.5. The number of rotatable bonds is 4. The number of hydrogen-bond donors (Lipinski definition) is 0. The molecule has 0 N–H and O–H groups in total. The Labute approximate surface area is 174 Å². The molecule has 1 unspecified atom stereocenters. The van der Waals surface area contributed by atoms with Gasteiger partial charge in [-0.2, -0.15) is 5.26 Å². The maximum Gasteiger partial charge on any atom is 0.228 e. The van der Waals surface area contributed by atoms with Crippen LogP contribution in [0.4, 0.5) is 10.1 Å². The molecule has 0 spiro atoms. The van der Waals surface area contributed by atoms with E-state index in [1.165, 1.54) is 23.9 Å². The molecule has 142 valence electrons. The first-order chi connectivity index (χ1) is 13.5. The second-order valence-corrected chi connectivity index (χ2v) is 8.39. The third-order valence-electron chi connectivity index (χ3n) is 4.77. The molecule has 0 radical (unpaired) electrons. The zero-order valence-electron chi connectivity index (χ0n) is 15.2. The minimum absolute atomic E-state index is 0.323. The number of aliphatic imine (C=N–C) groups is 1. The second kappa shape index (κ2) is 7.22. The standard InChI is InChI=1S/C20H16BrFN4OS/c1-3-16-17(15-8-13(21)9-24-19(15)27-16)26(2)20(10-23)18(25-11-28-20)12-4-6-14(22)7-5-12/h4-9H,3,11H2,1-2H3. The number of likely N-dealkylation sites (N-methyl/N-ethyl adjacent to an activating group) is 1. The van der Waals surface area contributed by atoms with E-state index in [1.807, 2.05) is 24.9 Å². The van der Waals surface area contributed by atoms with Crippen LogP contribution >= 0.6 is 27.7 Å². The van der Waals surface area contributed by atoms with Gasteiger partial charge in [0.1, 0.15) is 17.6 Å². The third-order valence-corrected chi connectivity index (χ3v) is 6.44. The first-order valence-electron chi connectivity index (χ1n) is 8.67. The fraction of sp³-hybridized carbons (Fsp3) is 0.250. The smallest absolute Gasteiger partial charge is 0.228 e. The fourth-order valence-corrected chi connectivity index (χ4v) is 4.81. The largest absolute Gasteiger partial charge is 0.441 e. The van der Waals surface area contributed by atoms with Gasteiger partial charge in [-0.05, 0) is 34.1 Å². The lowest BCUT2D eigenvalue weighted by Crippen LogP contribution is -2.48. The molecule has 5 nitrogen and oxygen atoms in total. The molecule has 1 aliphatic heterocycles. The van der Waals surface area contributed by atoms with Crippen LogP contribution in [0.3, 0.4) is 0 Å². The second-order valence-electron chi connectivity index (χ2n) is 6.34. The number of furan rings is 1. The molecule has 28 heavy (non-hydrogen) atoms. The number of pyridine rings is 1. The molecular formula is C20H16BrFN4OS. The summed E-state index contributed by atoms with van der Waals surface area (Å²) in [6.45, 7) is 2.00. The predicted octanol–water partition coefficient (Wildman–Crippen LogP) is 5.14. The molecule has 0 fully saturated rings. The predicted molar refractivity (Wildman–Crippen MR) is 113 cm³/mol. The summed E-state index contributed by atoms with van der Waals surface area (Å²) in [4.78, 5) is 9.79. The maximum absolute atomic E-state index is 13.4. The number of nitriles is 1. The molecule has 0 aliphatic carbocycles. The van der Waals surface area contributed by atoms with Crippen molar-refractivity contribution in [1.29, 1.82) is 5.26 Å². The van der Waals surface area contributed by atoms with Crippen molar-refractivity contribution in [3.8, 4) is 6.07 Å². The molecular weight excluding hydrogens is 443 g/mol. The van der Waals surface area contributed by atoms with Gasteiger partial charge in [-0.3, -0.25) is 4.99 Å². The van der Waals surface area contributed by atoms with Gasteiger partial charge >= 0.3 is 0 Å². The van der Waals surface area contributed by atoms with Crippen LogP contribution in [0.2, 0.25) is 0 Å². The molecule has 1 aliphatic rings. The first kappa shape index (κ1) is 19.0. The number of halogens is 2. The summed E-state index contributed by atoms with van der Waals surface area (Å²) in [6.07, 6.45) is 2.34. The van der Waals surface area contributed by atoms with Crippen molar-refractivity contribution in [3.63, 3.8) is 0 Å². The Morgan fingerprint density at radius 1 is 1.39 bits per heavy atom. The topological polar surface area (TPSA) is 65.4 Å². The van der Waals surface area contributed by atoms with Gasteiger partial charge in [0.15, 0.2) is 0 Å². The van der Waals surface area contributed by atoms with E-state index in [9.17, 15) is 9.65 Å². The number of fused-ring (bicyclic) bond motifs is 1. The summed E-state index contributed by atoms with van der Waals surface area (Å²) in [5.41, 5.74) is 2.68. The van der Waals surface area contributed by atoms with Crippen LogP contribution in [0.15, 0.2) is 50.4 Å². The number of thioether (sulfide) groups is 1. The van der Waals surface area contributed by atoms with E-state index in [0.29, 0.717) is 23.7 Å². The molecule has 3 aromatic rings. The summed E-state index contributed by atoms with van der Waals surface area (Å²) >= 11 is 4.89. The Hall–Kier alpha value is -2.37. The lowest BCUT2D eigenvalue weighted by Gasteiger charge is -2.34. The van der Waals surface area contributed by atoms with Crippen LogP contribution in [-0.2, 0) is 6.42 Å². The molecule has 0 bridgehead atoms. The number of aromatic nitrogens is 1. The van der Waals surface area contributed by atoms with Crippen molar-refractivity contribution in [2.45, 2.75) is 18.2 Å². The first-order valence-corrected chi connectivity index (χ1v) is 10.4. The number of anilines is 1. The molecule has 3 heterocycles. The maximum atomic E-state index is 13.4. The normalized spacial score (nSPS) is 18.9. The lowest BCUT2D eigenvalue weighted by atomic mass is 10.0. The third kappa shape index (κ3) is 2.90. The van der Waals surface area contributed by atoms with E-state index in [4.69, 9.17) is 4.42 Å². The molecule has 4 rings (SSSR count). The van der Waals surface area contributed by atoms with Crippen molar-refractivity contribution in [1.82, 2.24) is 4.98 Å². The zero-order chi connectivity index (χ0) is 19.9. The number of aryl methyl sites for hydroxylation is 1. The van der Waals surface area contributed by atoms with Crippen LogP contribution in [0.1, 0.15) is 18.2 Å². The number of hydrogen-bond acceptors (Lipinski definition) is 6. The Balaban J connectivity index is 1.88. The molecule has 0 saturated heterocycles. The molecule has 0 amide bonds. The fourth-order valence-electron chi connectivity index (χ4n) is 3.43. The zero-order valence-corrected chi connectivity index (χ0v) is 17.6. The number of nitrogens with zero attached hydrogens (tertiary/aromatic N) is 4. The van der Waals surface area contributed by atoms with Gasteiger partial charge in [0.2, 0.25) is 10.6 Å². The Bertz CT molecular complexity index is 1120. The average molecular weight is 459 g/mol. The van der Waals surface area contributed by atoms with E-state index < -0.39 is 4.87 Å². The van der Waals surface area contributed by atoms with E-state index in [1.54, 1.807) is 18.3 Å². The van der Waals surface area contributed by atoms with Crippen LogP contribution in [0.25, 0.3) is 11.1 Å². The molecule has 1 aromatic carbocycles. The van der Waals surface area contributed by atoms with Gasteiger partial charge in [-0.15, -0.1) is 0 Å². The van der Waals surface area contributed by atoms with E-state index in [2.05, 4.69) is 32.0 Å². The van der Waals surface area contributed by atoms with Crippen LogP contribution < -0.4 is 4.90 Å². The Morgan fingerprint density at radius 2 is 2.14 bits per heavy atom. The highest BCUT2D eigenvalue weighted by atomic mass is 79.9. The average Bonchev–Trinajstić information content (AvgIpc) is 3.29. The highest BCUT2D eigenvalue weighted by molar-refractivity contribution is 9.10. The lowest BCUT2D eigenvalue weighted by molar-refractivity contribution is 0.546. The van der Waals surface area contributed by atoms with E-state index in [0.717, 1.165) is 26.9 Å². The quantitative estimate of drug-likeness (QED) is 0.541. The van der Waals surface area contributed by atoms with Crippen LogP contribution in [0.5, 0.6) is 0 Å². The monoisotopic (exact) mass is 458 g/mol. The summed E-state index contributed by atoms with van der Waals surface area (Å²) in [5, 5.41) is 11.1. The highest BCUT2D eigenvalue weighted by Crippen LogP contribution is 2.44. The Morgan fingerprint density at radius 3 is 2.82 bits per heavy atom. The van der Waals surface area contributed by atoms with Gasteiger partial charge in [-0.25, -0.2) is 9.37 Å². The summed E-state index contributed by atoms with van der Waals surface area (Å²) < 4.78 is 20.2. The van der Waals surface area contributed by atoms with Crippen LogP contribution in [0, 0.1) is 17.1 Å². The van der Waals surface area contributed by atoms with Crippen molar-refractivity contribution in [2.24, 2.45) is 4.99 Å². The minimum atomic E-state index is -1.05. The van der Waals surface area contributed by atoms with Gasteiger partial charge in [0, 0.05) is 29.7 Å². The summed E-state index contributed by atoms with van der Waals surface area (Å²) in [5.74, 6) is 0.878. The molecule has 2 aromatic heterocycles. The van der Waals surface area contributed by atoms with Gasteiger partial charge in [0.25, 0.3) is 0 Å². The summed E-state index contributed by atoms with van der Waals surface area (Å²) in [7, 11) is 1.87. The SMILES string of the molecule is CCc1oc2ncc(Br)cc2c1N(C)C1(C#N)SCN=C1c1ccc(F)cc1. The van der Waals surface area contributed by atoms with Crippen molar-refractivity contribution >= 4 is 50.2 Å². The van der Waals surface area contributed by atoms with E-state index in [-0.39, 0.29) is 5.82 Å². The Kier molecular flexibility index (Phi) is 4.89. The number of benzene rings is 1. The minimum Gasteiger partial charge on any atom is -0.441 e. The van der Waals surface area contributed by atoms with Crippen molar-refractivity contribution < 1.29 is 8.81 Å². The van der Waals surface area contributed by atoms with Gasteiger partial charge in [0.05, 0.1) is 22.7 Å². The molecule has 8 heteroatoms. The van der Waals surface area contributed by atoms with Gasteiger partial charge < -0.3 is 9.32 Å². The van der Waals surface area contributed by atoms with E-state index >= 15 is 0 Å². The van der Waals surface area contributed by atoms with Crippen molar-refractivity contribution in [3.05, 3.63) is 58.1 Å². The molecule has 0 saturated carbocycles. The highest BCUT2D eigenvalue weighted by Gasteiger charge is 2.47. The van der Waals surface area contributed by atoms with Crippen LogP contribution in [-0.4, -0.2) is 28.5 Å². The van der Waals surface area contributed by atoms with Gasteiger partial charge in [-0.1, -0.05) is 30.8 Å². The van der Waals surface area contributed by atoms with Crippen molar-refractivity contribution in [2.75, 3.05) is 17.8 Å². The molecule has 1 atom stereocenters.